The summed E-state index contributed by atoms with van der Waals surface area (Å²) >= 11 is 0. The molecule has 0 amide bonds. The maximum atomic E-state index is 5.93. The Bertz CT molecular complexity index is 931. The average Bonchev–Trinajstić information content (AvgIpc) is 3.24. The van der Waals surface area contributed by atoms with Gasteiger partial charge in [0.25, 0.3) is 5.89 Å². The average molecular weight is 395 g/mol. The van der Waals surface area contributed by atoms with Gasteiger partial charge < -0.3 is 19.3 Å². The Balaban J connectivity index is 1.53. The van der Waals surface area contributed by atoms with Gasteiger partial charge in [0, 0.05) is 43.2 Å². The van der Waals surface area contributed by atoms with Gasteiger partial charge in [0.2, 0.25) is 0 Å². The second-order valence-electron chi connectivity index (χ2n) is 6.90. The summed E-state index contributed by atoms with van der Waals surface area (Å²) in [7, 11) is 2.07. The van der Waals surface area contributed by atoms with Crippen molar-refractivity contribution in [3.8, 4) is 23.0 Å². The van der Waals surface area contributed by atoms with Crippen LogP contribution in [-0.2, 0) is 6.61 Å². The van der Waals surface area contributed by atoms with Crippen LogP contribution < -0.4 is 14.8 Å². The highest BCUT2D eigenvalue weighted by molar-refractivity contribution is 5.59. The molecule has 0 aliphatic carbocycles. The minimum absolute atomic E-state index is 0.106. The lowest BCUT2D eigenvalue weighted by Gasteiger charge is -2.30. The number of rotatable bonds is 7. The van der Waals surface area contributed by atoms with E-state index in [2.05, 4.69) is 32.4 Å². The molecule has 1 fully saturated rings. The first-order valence-corrected chi connectivity index (χ1v) is 9.78. The van der Waals surface area contributed by atoms with Crippen LogP contribution in [0.4, 0.5) is 0 Å². The third-order valence-corrected chi connectivity index (χ3v) is 4.86. The molecule has 0 saturated carbocycles. The van der Waals surface area contributed by atoms with Crippen molar-refractivity contribution in [1.82, 2.24) is 25.3 Å². The summed E-state index contributed by atoms with van der Waals surface area (Å²) in [6.07, 6.45) is 3.52. The van der Waals surface area contributed by atoms with E-state index in [0.29, 0.717) is 36.4 Å². The Morgan fingerprint density at radius 1 is 1.24 bits per heavy atom. The van der Waals surface area contributed by atoms with Gasteiger partial charge in [-0.2, -0.15) is 4.98 Å². The van der Waals surface area contributed by atoms with Gasteiger partial charge in [-0.25, -0.2) is 0 Å². The van der Waals surface area contributed by atoms with Gasteiger partial charge in [0.1, 0.15) is 6.61 Å². The second kappa shape index (κ2) is 9.02. The van der Waals surface area contributed by atoms with Gasteiger partial charge in [0.05, 0.1) is 12.6 Å². The molecule has 29 heavy (non-hydrogen) atoms. The highest BCUT2D eigenvalue weighted by Gasteiger charge is 2.25. The maximum Gasteiger partial charge on any atom is 0.258 e. The molecule has 2 aromatic heterocycles. The molecular weight excluding hydrogens is 370 g/mol. The van der Waals surface area contributed by atoms with E-state index in [1.54, 1.807) is 12.4 Å². The molecule has 152 valence electrons. The number of hydrogen-bond donors (Lipinski definition) is 1. The van der Waals surface area contributed by atoms with Crippen LogP contribution in [0.5, 0.6) is 11.5 Å². The molecule has 1 N–H and O–H groups in total. The summed E-state index contributed by atoms with van der Waals surface area (Å²) in [4.78, 5) is 11.0. The zero-order valence-corrected chi connectivity index (χ0v) is 16.7. The third kappa shape index (κ3) is 4.55. The van der Waals surface area contributed by atoms with Crippen LogP contribution in [0.15, 0.2) is 47.2 Å². The molecule has 1 saturated heterocycles. The molecule has 0 bridgehead atoms. The largest absolute Gasteiger partial charge is 0.490 e. The normalized spacial score (nSPS) is 17.2. The number of nitrogens with one attached hydrogen (secondary N) is 1. The van der Waals surface area contributed by atoms with Crippen molar-refractivity contribution >= 4 is 0 Å². The first-order valence-electron chi connectivity index (χ1n) is 9.78. The van der Waals surface area contributed by atoms with E-state index < -0.39 is 0 Å². The molecule has 1 atom stereocenters. The van der Waals surface area contributed by atoms with E-state index in [1.165, 1.54) is 0 Å². The van der Waals surface area contributed by atoms with E-state index in [4.69, 9.17) is 14.0 Å². The molecule has 1 aromatic carbocycles. The SMILES string of the molecule is CCOc1cc(-c2nc(C3CNCCN3C)no2)ccc1OCc1cccnc1. The standard InChI is InChI=1S/C21H25N5O3/c1-3-27-19-11-16(6-7-18(19)28-14-15-5-4-8-22-12-15)21-24-20(25-29-21)17-13-23-9-10-26(17)2/h4-8,11-12,17,23H,3,9-10,13-14H2,1-2H3. The van der Waals surface area contributed by atoms with E-state index in [9.17, 15) is 0 Å². The zero-order valence-electron chi connectivity index (χ0n) is 16.7. The molecule has 0 spiro atoms. The highest BCUT2D eigenvalue weighted by Crippen LogP contribution is 2.33. The summed E-state index contributed by atoms with van der Waals surface area (Å²) < 4.78 is 17.2. The number of hydrogen-bond acceptors (Lipinski definition) is 8. The van der Waals surface area contributed by atoms with Crippen molar-refractivity contribution in [2.45, 2.75) is 19.6 Å². The lowest BCUT2D eigenvalue weighted by Crippen LogP contribution is -2.44. The minimum Gasteiger partial charge on any atom is -0.490 e. The van der Waals surface area contributed by atoms with E-state index >= 15 is 0 Å². The lowest BCUT2D eigenvalue weighted by atomic mass is 10.2. The minimum atomic E-state index is 0.106. The molecule has 4 rings (SSSR count). The third-order valence-electron chi connectivity index (χ3n) is 4.86. The van der Waals surface area contributed by atoms with Crippen LogP contribution in [-0.4, -0.2) is 53.3 Å². The number of aromatic nitrogens is 3. The Morgan fingerprint density at radius 3 is 2.97 bits per heavy atom. The summed E-state index contributed by atoms with van der Waals surface area (Å²) in [5.41, 5.74) is 1.79. The summed E-state index contributed by atoms with van der Waals surface area (Å²) in [6, 6.07) is 9.61. The van der Waals surface area contributed by atoms with Crippen LogP contribution in [0.25, 0.3) is 11.5 Å². The van der Waals surface area contributed by atoms with Crippen LogP contribution in [0.2, 0.25) is 0 Å². The lowest BCUT2D eigenvalue weighted by molar-refractivity contribution is 0.190. The Kier molecular flexibility index (Phi) is 6.02. The number of piperazine rings is 1. The van der Waals surface area contributed by atoms with Crippen LogP contribution in [0.1, 0.15) is 24.4 Å². The van der Waals surface area contributed by atoms with E-state index in [1.807, 2.05) is 37.3 Å². The molecule has 1 aliphatic heterocycles. The first kappa shape index (κ1) is 19.4. The molecule has 8 nitrogen and oxygen atoms in total. The van der Waals surface area contributed by atoms with Crippen LogP contribution in [0.3, 0.4) is 0 Å². The van der Waals surface area contributed by atoms with Gasteiger partial charge in [-0.05, 0) is 38.2 Å². The number of nitrogens with zero attached hydrogens (tertiary/aromatic N) is 4. The Hall–Kier alpha value is -2.97. The van der Waals surface area contributed by atoms with Crippen molar-refractivity contribution in [2.75, 3.05) is 33.3 Å². The summed E-state index contributed by atoms with van der Waals surface area (Å²) in [6.45, 7) is 5.61. The monoisotopic (exact) mass is 395 g/mol. The topological polar surface area (TPSA) is 85.5 Å². The predicted octanol–water partition coefficient (Wildman–Crippen LogP) is 2.69. The van der Waals surface area contributed by atoms with Crippen LogP contribution >= 0.6 is 0 Å². The molecule has 1 aliphatic rings. The zero-order chi connectivity index (χ0) is 20.1. The fourth-order valence-electron chi connectivity index (χ4n) is 3.25. The fraction of sp³-hybridized carbons (Fsp3) is 0.381. The fourth-order valence-corrected chi connectivity index (χ4v) is 3.25. The van der Waals surface area contributed by atoms with Crippen molar-refractivity contribution < 1.29 is 14.0 Å². The maximum absolute atomic E-state index is 5.93. The molecule has 3 aromatic rings. The van der Waals surface area contributed by atoms with Gasteiger partial charge in [-0.1, -0.05) is 11.2 Å². The predicted molar refractivity (Wildman–Crippen MR) is 108 cm³/mol. The molecule has 8 heteroatoms. The first-order chi connectivity index (χ1) is 14.2. The Morgan fingerprint density at radius 2 is 2.17 bits per heavy atom. The van der Waals surface area contributed by atoms with Gasteiger partial charge in [0.15, 0.2) is 17.3 Å². The molecule has 3 heterocycles. The quantitative estimate of drug-likeness (QED) is 0.654. The van der Waals surface area contributed by atoms with Gasteiger partial charge >= 0.3 is 0 Å². The smallest absolute Gasteiger partial charge is 0.258 e. The highest BCUT2D eigenvalue weighted by atomic mass is 16.5. The summed E-state index contributed by atoms with van der Waals surface area (Å²) in [5.74, 6) is 2.46. The molecule has 0 radical (unpaired) electrons. The van der Waals surface area contributed by atoms with Crippen molar-refractivity contribution in [1.29, 1.82) is 0 Å². The number of ether oxygens (including phenoxy) is 2. The van der Waals surface area contributed by atoms with Crippen LogP contribution in [0, 0.1) is 0 Å². The second-order valence-corrected chi connectivity index (χ2v) is 6.90. The van der Waals surface area contributed by atoms with Gasteiger partial charge in [-0.3, -0.25) is 9.88 Å². The Labute approximate surface area is 169 Å². The number of benzene rings is 1. The van der Waals surface area contributed by atoms with Gasteiger partial charge in [-0.15, -0.1) is 0 Å². The van der Waals surface area contributed by atoms with E-state index in [0.717, 1.165) is 30.8 Å². The van der Waals surface area contributed by atoms with Crippen molar-refractivity contribution in [2.24, 2.45) is 0 Å². The van der Waals surface area contributed by atoms with Crippen molar-refractivity contribution in [3.63, 3.8) is 0 Å². The van der Waals surface area contributed by atoms with E-state index in [-0.39, 0.29) is 6.04 Å². The number of likely N-dealkylation sites (N-methyl/N-ethyl adjacent to an activating group) is 1. The summed E-state index contributed by atoms with van der Waals surface area (Å²) in [5, 5.41) is 7.56. The van der Waals surface area contributed by atoms with Crippen molar-refractivity contribution in [3.05, 3.63) is 54.1 Å². The molecular formula is C21H25N5O3. The molecule has 1 unspecified atom stereocenters. The number of pyridine rings is 1.